The van der Waals surface area contributed by atoms with Crippen LogP contribution in [0.4, 0.5) is 15.8 Å². The quantitative estimate of drug-likeness (QED) is 0.601. The van der Waals surface area contributed by atoms with E-state index in [1.807, 2.05) is 31.2 Å². The van der Waals surface area contributed by atoms with Crippen LogP contribution in [0.25, 0.3) is 0 Å². The molecule has 0 spiro atoms. The lowest BCUT2D eigenvalue weighted by Crippen LogP contribution is -2.30. The molecule has 0 radical (unpaired) electrons. The summed E-state index contributed by atoms with van der Waals surface area (Å²) in [5, 5.41) is 5.64. The van der Waals surface area contributed by atoms with Crippen LogP contribution in [0, 0.1) is 18.7 Å². The molecule has 1 aliphatic heterocycles. The first-order valence-electron chi connectivity index (χ1n) is 10.7. The van der Waals surface area contributed by atoms with E-state index in [-0.39, 0.29) is 36.4 Å². The lowest BCUT2D eigenvalue weighted by atomic mass is 10.1. The first kappa shape index (κ1) is 22.2. The van der Waals surface area contributed by atoms with E-state index in [0.717, 1.165) is 11.1 Å². The van der Waals surface area contributed by atoms with Crippen molar-refractivity contribution >= 4 is 29.1 Å². The van der Waals surface area contributed by atoms with Crippen LogP contribution in [-0.4, -0.2) is 24.3 Å². The van der Waals surface area contributed by atoms with Gasteiger partial charge >= 0.3 is 0 Å². The Morgan fingerprint density at radius 3 is 2.45 bits per heavy atom. The van der Waals surface area contributed by atoms with Gasteiger partial charge in [-0.3, -0.25) is 14.4 Å². The topological polar surface area (TPSA) is 78.5 Å². The fourth-order valence-corrected chi connectivity index (χ4v) is 3.80. The largest absolute Gasteiger partial charge is 0.348 e. The number of rotatable bonds is 6. The van der Waals surface area contributed by atoms with E-state index in [0.29, 0.717) is 17.8 Å². The van der Waals surface area contributed by atoms with Crippen LogP contribution in [0.15, 0.2) is 72.8 Å². The Morgan fingerprint density at radius 1 is 1.00 bits per heavy atom. The van der Waals surface area contributed by atoms with Crippen LogP contribution in [0.1, 0.15) is 27.9 Å². The lowest BCUT2D eigenvalue weighted by Gasteiger charge is -2.17. The van der Waals surface area contributed by atoms with Crippen molar-refractivity contribution in [2.75, 3.05) is 16.8 Å². The molecule has 1 atom stereocenters. The maximum atomic E-state index is 14.1. The zero-order valence-corrected chi connectivity index (χ0v) is 18.2. The zero-order valence-electron chi connectivity index (χ0n) is 18.2. The Morgan fingerprint density at radius 2 is 1.70 bits per heavy atom. The van der Waals surface area contributed by atoms with E-state index in [9.17, 15) is 18.8 Å². The molecule has 6 nitrogen and oxygen atoms in total. The second kappa shape index (κ2) is 9.65. The number of nitrogens with zero attached hydrogens (tertiary/aromatic N) is 1. The number of halogens is 1. The average Bonchev–Trinajstić information content (AvgIpc) is 3.20. The molecule has 0 saturated carbocycles. The Bertz CT molecular complexity index is 1190. The summed E-state index contributed by atoms with van der Waals surface area (Å²) in [7, 11) is 0. The van der Waals surface area contributed by atoms with Crippen LogP contribution in [-0.2, 0) is 16.1 Å². The van der Waals surface area contributed by atoms with Gasteiger partial charge in [0.1, 0.15) is 5.82 Å². The number of hydrogen-bond acceptors (Lipinski definition) is 3. The molecule has 2 N–H and O–H groups in total. The summed E-state index contributed by atoms with van der Waals surface area (Å²) in [6.07, 6.45) is -0.0258. The third-order valence-electron chi connectivity index (χ3n) is 5.64. The van der Waals surface area contributed by atoms with Gasteiger partial charge < -0.3 is 15.5 Å². The van der Waals surface area contributed by atoms with Crippen LogP contribution in [0.2, 0.25) is 0 Å². The van der Waals surface area contributed by atoms with E-state index in [4.69, 9.17) is 0 Å². The number of aryl methyl sites for hydroxylation is 1. The number of benzene rings is 3. The van der Waals surface area contributed by atoms with Gasteiger partial charge in [0, 0.05) is 19.5 Å². The summed E-state index contributed by atoms with van der Waals surface area (Å²) in [5.41, 5.74) is 2.95. The standard InChI is InChI=1S/C26H24FN3O3/c1-17-10-12-18(13-11-17)15-28-26(33)20-6-2-4-8-22(20)29-25(32)19-14-24(31)30(16-19)23-9-5-3-7-21(23)27/h2-13,19H,14-16H2,1H3,(H,28,33)(H,29,32)/t19-/m1/s1. The number of amides is 3. The van der Waals surface area contributed by atoms with Crippen LogP contribution >= 0.6 is 0 Å². The molecule has 0 unspecified atom stereocenters. The molecular weight excluding hydrogens is 421 g/mol. The Hall–Kier alpha value is -4.00. The minimum absolute atomic E-state index is 0.0258. The van der Waals surface area contributed by atoms with Gasteiger partial charge in [0.2, 0.25) is 11.8 Å². The first-order valence-corrected chi connectivity index (χ1v) is 10.7. The van der Waals surface area contributed by atoms with Gasteiger partial charge in [0.25, 0.3) is 5.91 Å². The molecule has 3 aromatic rings. The molecule has 3 amide bonds. The van der Waals surface area contributed by atoms with Gasteiger partial charge in [-0.1, -0.05) is 54.1 Å². The highest BCUT2D eigenvalue weighted by atomic mass is 19.1. The third kappa shape index (κ3) is 5.09. The minimum Gasteiger partial charge on any atom is -0.348 e. The first-order chi connectivity index (χ1) is 15.9. The number of hydrogen-bond donors (Lipinski definition) is 2. The smallest absolute Gasteiger partial charge is 0.253 e. The predicted molar refractivity (Wildman–Crippen MR) is 124 cm³/mol. The van der Waals surface area contributed by atoms with Crippen molar-refractivity contribution in [3.8, 4) is 0 Å². The molecule has 1 saturated heterocycles. The molecule has 1 heterocycles. The van der Waals surface area contributed by atoms with Crippen molar-refractivity contribution in [3.63, 3.8) is 0 Å². The second-order valence-electron chi connectivity index (χ2n) is 8.06. The molecule has 168 valence electrons. The summed E-state index contributed by atoms with van der Waals surface area (Å²) in [4.78, 5) is 39.4. The monoisotopic (exact) mass is 445 g/mol. The minimum atomic E-state index is -0.652. The predicted octanol–water partition coefficient (Wildman–Crippen LogP) is 4.06. The van der Waals surface area contributed by atoms with E-state index in [2.05, 4.69) is 10.6 Å². The van der Waals surface area contributed by atoms with Crippen molar-refractivity contribution in [2.24, 2.45) is 5.92 Å². The molecule has 1 aliphatic rings. The van der Waals surface area contributed by atoms with Gasteiger partial charge in [-0.25, -0.2) is 4.39 Å². The van der Waals surface area contributed by atoms with Crippen molar-refractivity contribution in [2.45, 2.75) is 19.9 Å². The molecule has 1 fully saturated rings. The summed E-state index contributed by atoms with van der Waals surface area (Å²) < 4.78 is 14.1. The van der Waals surface area contributed by atoms with Crippen LogP contribution in [0.3, 0.4) is 0 Å². The highest BCUT2D eigenvalue weighted by Crippen LogP contribution is 2.28. The molecule has 4 rings (SSSR count). The van der Waals surface area contributed by atoms with E-state index >= 15 is 0 Å². The average molecular weight is 445 g/mol. The molecule has 0 bridgehead atoms. The van der Waals surface area contributed by atoms with E-state index in [1.165, 1.54) is 17.0 Å². The van der Waals surface area contributed by atoms with Gasteiger partial charge in [0.15, 0.2) is 0 Å². The van der Waals surface area contributed by atoms with Crippen molar-refractivity contribution in [1.82, 2.24) is 5.32 Å². The molecule has 7 heteroatoms. The molecule has 33 heavy (non-hydrogen) atoms. The SMILES string of the molecule is Cc1ccc(CNC(=O)c2ccccc2NC(=O)[C@@H]2CC(=O)N(c3ccccc3F)C2)cc1. The lowest BCUT2D eigenvalue weighted by molar-refractivity contribution is -0.122. The van der Waals surface area contributed by atoms with Gasteiger partial charge in [-0.15, -0.1) is 0 Å². The highest BCUT2D eigenvalue weighted by Gasteiger charge is 2.36. The van der Waals surface area contributed by atoms with Gasteiger partial charge in [-0.2, -0.15) is 0 Å². The van der Waals surface area contributed by atoms with E-state index < -0.39 is 11.7 Å². The normalized spacial score (nSPS) is 15.4. The maximum Gasteiger partial charge on any atom is 0.253 e. The van der Waals surface area contributed by atoms with Crippen molar-refractivity contribution < 1.29 is 18.8 Å². The third-order valence-corrected chi connectivity index (χ3v) is 5.64. The Kier molecular flexibility index (Phi) is 6.49. The number of carbonyl (C=O) groups is 3. The summed E-state index contributed by atoms with van der Waals surface area (Å²) in [5.74, 6) is -2.18. The molecule has 0 aromatic heterocycles. The van der Waals surface area contributed by atoms with Gasteiger partial charge in [-0.05, 0) is 36.8 Å². The zero-order chi connectivity index (χ0) is 23.4. The number of nitrogens with one attached hydrogen (secondary N) is 2. The van der Waals surface area contributed by atoms with Crippen LogP contribution < -0.4 is 15.5 Å². The van der Waals surface area contributed by atoms with Gasteiger partial charge in [0.05, 0.1) is 22.9 Å². The Balaban J connectivity index is 1.42. The van der Waals surface area contributed by atoms with Crippen LogP contribution in [0.5, 0.6) is 0 Å². The summed E-state index contributed by atoms with van der Waals surface area (Å²) >= 11 is 0. The second-order valence-corrected chi connectivity index (χ2v) is 8.06. The summed E-state index contributed by atoms with van der Waals surface area (Å²) in [6.45, 7) is 2.43. The molecular formula is C26H24FN3O3. The number of para-hydroxylation sites is 2. The Labute approximate surface area is 191 Å². The molecule has 3 aromatic carbocycles. The maximum absolute atomic E-state index is 14.1. The number of carbonyl (C=O) groups excluding carboxylic acids is 3. The van der Waals surface area contributed by atoms with Crippen molar-refractivity contribution in [1.29, 1.82) is 0 Å². The van der Waals surface area contributed by atoms with E-state index in [1.54, 1.807) is 36.4 Å². The fourth-order valence-electron chi connectivity index (χ4n) is 3.80. The van der Waals surface area contributed by atoms with Crippen molar-refractivity contribution in [3.05, 3.63) is 95.3 Å². The fraction of sp³-hybridized carbons (Fsp3) is 0.192. The number of anilines is 2. The summed E-state index contributed by atoms with van der Waals surface area (Å²) in [6, 6.07) is 20.5. The highest BCUT2D eigenvalue weighted by molar-refractivity contribution is 6.07. The molecule has 0 aliphatic carbocycles.